The number of fused-ring (bicyclic) bond motifs is 2. The Morgan fingerprint density at radius 3 is 2.61 bits per heavy atom. The van der Waals surface area contributed by atoms with Crippen molar-refractivity contribution in [1.82, 2.24) is 5.32 Å². The number of benzene rings is 1. The third-order valence-electron chi connectivity index (χ3n) is 3.65. The van der Waals surface area contributed by atoms with E-state index in [0.29, 0.717) is 18.8 Å². The average Bonchev–Trinajstić information content (AvgIpc) is 3.02. The summed E-state index contributed by atoms with van der Waals surface area (Å²) in [6.07, 6.45) is 2.64. The van der Waals surface area contributed by atoms with Gasteiger partial charge in [-0.1, -0.05) is 0 Å². The Balaban J connectivity index is 2.17. The fourth-order valence-corrected chi connectivity index (χ4v) is 2.84. The van der Waals surface area contributed by atoms with Crippen LogP contribution in [0.4, 0.5) is 0 Å². The number of rotatable bonds is 3. The van der Waals surface area contributed by atoms with Gasteiger partial charge < -0.3 is 14.8 Å². The number of hydrogen-bond donors (Lipinski definition) is 1. The van der Waals surface area contributed by atoms with Gasteiger partial charge in [0, 0.05) is 29.5 Å². The topological polar surface area (TPSA) is 54.3 Å². The van der Waals surface area contributed by atoms with E-state index in [0.717, 1.165) is 42.9 Å². The quantitative estimate of drug-likeness (QED) is 0.867. The Kier molecular flexibility index (Phi) is 2.85. The molecule has 0 spiro atoms. The first-order valence-electron chi connectivity index (χ1n) is 6.37. The van der Waals surface area contributed by atoms with Gasteiger partial charge in [0.1, 0.15) is 23.1 Å². The van der Waals surface area contributed by atoms with Gasteiger partial charge in [-0.2, -0.15) is 5.26 Å². The number of nitrogens with zero attached hydrogens (tertiary/aromatic N) is 1. The van der Waals surface area contributed by atoms with Crippen molar-refractivity contribution >= 4 is 0 Å². The van der Waals surface area contributed by atoms with E-state index in [9.17, 15) is 5.26 Å². The van der Waals surface area contributed by atoms with Crippen molar-refractivity contribution in [2.75, 3.05) is 26.8 Å². The summed E-state index contributed by atoms with van der Waals surface area (Å²) < 4.78 is 11.4. The van der Waals surface area contributed by atoms with E-state index in [1.54, 1.807) is 0 Å². The molecule has 2 aliphatic rings. The number of ether oxygens (including phenoxy) is 2. The lowest BCUT2D eigenvalue weighted by Crippen LogP contribution is -2.12. The summed E-state index contributed by atoms with van der Waals surface area (Å²) in [5.41, 5.74) is 4.17. The zero-order valence-electron chi connectivity index (χ0n) is 10.5. The van der Waals surface area contributed by atoms with Crippen LogP contribution in [-0.4, -0.2) is 26.8 Å². The van der Waals surface area contributed by atoms with Gasteiger partial charge in [0.2, 0.25) is 0 Å². The standard InChI is InChI=1S/C14H16N2O2/c1-16-5-2-9-10-3-6-18-14(10)12(8-15)11-4-7-17-13(9)11/h16H,2-7H2,1H3. The minimum absolute atomic E-state index is 0.680. The minimum Gasteiger partial charge on any atom is -0.493 e. The normalized spacial score (nSPS) is 15.6. The molecule has 4 nitrogen and oxygen atoms in total. The molecule has 1 N–H and O–H groups in total. The van der Waals surface area contributed by atoms with Gasteiger partial charge in [-0.3, -0.25) is 0 Å². The van der Waals surface area contributed by atoms with Crippen LogP contribution in [0, 0.1) is 11.3 Å². The predicted octanol–water partition coefficient (Wildman–Crippen LogP) is 1.19. The van der Waals surface area contributed by atoms with Gasteiger partial charge in [-0.15, -0.1) is 0 Å². The first-order chi connectivity index (χ1) is 8.86. The summed E-state index contributed by atoms with van der Waals surface area (Å²) >= 11 is 0. The van der Waals surface area contributed by atoms with Crippen molar-refractivity contribution in [3.63, 3.8) is 0 Å². The van der Waals surface area contributed by atoms with E-state index in [4.69, 9.17) is 9.47 Å². The maximum absolute atomic E-state index is 9.33. The molecule has 0 amide bonds. The first kappa shape index (κ1) is 11.4. The zero-order valence-corrected chi connectivity index (χ0v) is 10.5. The van der Waals surface area contributed by atoms with Crippen LogP contribution in [-0.2, 0) is 19.3 Å². The molecule has 2 aliphatic heterocycles. The molecule has 0 aliphatic carbocycles. The van der Waals surface area contributed by atoms with Crippen molar-refractivity contribution in [2.24, 2.45) is 0 Å². The van der Waals surface area contributed by atoms with E-state index in [2.05, 4.69) is 11.4 Å². The van der Waals surface area contributed by atoms with Crippen molar-refractivity contribution < 1.29 is 9.47 Å². The average molecular weight is 244 g/mol. The highest BCUT2D eigenvalue weighted by atomic mass is 16.5. The zero-order chi connectivity index (χ0) is 12.5. The summed E-state index contributed by atoms with van der Waals surface area (Å²) in [4.78, 5) is 0. The van der Waals surface area contributed by atoms with Gasteiger partial charge >= 0.3 is 0 Å². The lowest BCUT2D eigenvalue weighted by atomic mass is 9.93. The second-order valence-electron chi connectivity index (χ2n) is 4.63. The third-order valence-corrected chi connectivity index (χ3v) is 3.65. The van der Waals surface area contributed by atoms with Crippen molar-refractivity contribution in [3.8, 4) is 17.6 Å². The molecule has 4 heteroatoms. The second-order valence-corrected chi connectivity index (χ2v) is 4.63. The monoisotopic (exact) mass is 244 g/mol. The van der Waals surface area contributed by atoms with Crippen molar-refractivity contribution in [1.29, 1.82) is 5.26 Å². The van der Waals surface area contributed by atoms with Gasteiger partial charge in [-0.05, 0) is 20.0 Å². The summed E-state index contributed by atoms with van der Waals surface area (Å²) in [6.45, 7) is 2.27. The highest BCUT2D eigenvalue weighted by molar-refractivity contribution is 5.65. The molecular formula is C14H16N2O2. The smallest absolute Gasteiger partial charge is 0.141 e. The summed E-state index contributed by atoms with van der Waals surface area (Å²) in [7, 11) is 1.95. The number of nitrogens with one attached hydrogen (secondary N) is 1. The lowest BCUT2D eigenvalue weighted by molar-refractivity contribution is 0.352. The van der Waals surface area contributed by atoms with E-state index in [1.165, 1.54) is 11.1 Å². The molecule has 0 fully saturated rings. The molecule has 1 aromatic rings. The van der Waals surface area contributed by atoms with Crippen LogP contribution < -0.4 is 14.8 Å². The molecule has 0 radical (unpaired) electrons. The molecule has 0 unspecified atom stereocenters. The van der Waals surface area contributed by atoms with Crippen LogP contribution in [0.25, 0.3) is 0 Å². The number of likely N-dealkylation sites (N-methyl/N-ethyl adjacent to an activating group) is 1. The Labute approximate surface area is 107 Å². The molecule has 94 valence electrons. The van der Waals surface area contributed by atoms with Gasteiger partial charge in [0.05, 0.1) is 13.2 Å². The fourth-order valence-electron chi connectivity index (χ4n) is 2.84. The van der Waals surface area contributed by atoms with E-state index in [-0.39, 0.29) is 0 Å². The van der Waals surface area contributed by atoms with Crippen LogP contribution in [0.1, 0.15) is 22.3 Å². The third kappa shape index (κ3) is 1.55. The predicted molar refractivity (Wildman–Crippen MR) is 67.2 cm³/mol. The Hall–Kier alpha value is -1.73. The molecular weight excluding hydrogens is 228 g/mol. The molecule has 1 aromatic carbocycles. The fraction of sp³-hybridized carbons (Fsp3) is 0.500. The first-order valence-corrected chi connectivity index (χ1v) is 6.37. The SMILES string of the molecule is CNCCc1c2c(c(C#N)c3c1OCC3)OCC2. The van der Waals surface area contributed by atoms with Crippen LogP contribution in [0.2, 0.25) is 0 Å². The summed E-state index contributed by atoms with van der Waals surface area (Å²) in [5.74, 6) is 1.76. The summed E-state index contributed by atoms with van der Waals surface area (Å²) in [6, 6.07) is 2.29. The highest BCUT2D eigenvalue weighted by Gasteiger charge is 2.30. The molecule has 2 heterocycles. The molecule has 0 bridgehead atoms. The maximum atomic E-state index is 9.33. The molecule has 18 heavy (non-hydrogen) atoms. The second kappa shape index (κ2) is 4.51. The highest BCUT2D eigenvalue weighted by Crippen LogP contribution is 2.44. The lowest BCUT2D eigenvalue weighted by Gasteiger charge is -2.14. The minimum atomic E-state index is 0.680. The van der Waals surface area contributed by atoms with Crippen molar-refractivity contribution in [3.05, 3.63) is 22.3 Å². The van der Waals surface area contributed by atoms with Gasteiger partial charge in [0.15, 0.2) is 0 Å². The Morgan fingerprint density at radius 1 is 1.17 bits per heavy atom. The Bertz CT molecular complexity index is 497. The van der Waals surface area contributed by atoms with Crippen LogP contribution in [0.5, 0.6) is 11.5 Å². The molecule has 3 rings (SSSR count). The van der Waals surface area contributed by atoms with Crippen LogP contribution >= 0.6 is 0 Å². The van der Waals surface area contributed by atoms with E-state index >= 15 is 0 Å². The van der Waals surface area contributed by atoms with E-state index < -0.39 is 0 Å². The van der Waals surface area contributed by atoms with Gasteiger partial charge in [-0.25, -0.2) is 0 Å². The molecule has 0 aromatic heterocycles. The van der Waals surface area contributed by atoms with Crippen molar-refractivity contribution in [2.45, 2.75) is 19.3 Å². The van der Waals surface area contributed by atoms with Gasteiger partial charge in [0.25, 0.3) is 0 Å². The largest absolute Gasteiger partial charge is 0.493 e. The molecule has 0 atom stereocenters. The Morgan fingerprint density at radius 2 is 1.89 bits per heavy atom. The number of nitriles is 1. The summed E-state index contributed by atoms with van der Waals surface area (Å²) in [5, 5.41) is 12.5. The van der Waals surface area contributed by atoms with Crippen LogP contribution in [0.3, 0.4) is 0 Å². The number of hydrogen-bond acceptors (Lipinski definition) is 4. The molecule has 0 saturated carbocycles. The van der Waals surface area contributed by atoms with E-state index in [1.807, 2.05) is 7.05 Å². The van der Waals surface area contributed by atoms with Crippen LogP contribution in [0.15, 0.2) is 0 Å². The molecule has 0 saturated heterocycles. The maximum Gasteiger partial charge on any atom is 0.141 e.